The molecule has 0 saturated heterocycles. The number of rotatable bonds is 3. The lowest BCUT2D eigenvalue weighted by atomic mass is 9.97. The molecule has 17 heavy (non-hydrogen) atoms. The van der Waals surface area contributed by atoms with Crippen molar-refractivity contribution in [1.29, 1.82) is 0 Å². The van der Waals surface area contributed by atoms with Gasteiger partial charge in [-0.2, -0.15) is 0 Å². The third-order valence-corrected chi connectivity index (χ3v) is 3.78. The zero-order valence-corrected chi connectivity index (χ0v) is 11.0. The SMILES string of the molecule is CC(=O)SCC(C)(C)c1nc2ccccc2o1. The lowest BCUT2D eigenvalue weighted by molar-refractivity contribution is -0.109. The highest BCUT2D eigenvalue weighted by Crippen LogP contribution is 2.29. The summed E-state index contributed by atoms with van der Waals surface area (Å²) in [6.07, 6.45) is 0. The number of thioether (sulfide) groups is 1. The van der Waals surface area contributed by atoms with Crippen molar-refractivity contribution in [3.05, 3.63) is 30.2 Å². The average molecular weight is 249 g/mol. The van der Waals surface area contributed by atoms with Gasteiger partial charge in [0.25, 0.3) is 0 Å². The Morgan fingerprint density at radius 1 is 1.41 bits per heavy atom. The summed E-state index contributed by atoms with van der Waals surface area (Å²) < 4.78 is 5.73. The van der Waals surface area contributed by atoms with Crippen LogP contribution in [-0.2, 0) is 10.2 Å². The number of para-hydroxylation sites is 2. The number of nitrogens with zero attached hydrogens (tertiary/aromatic N) is 1. The molecule has 0 amide bonds. The van der Waals surface area contributed by atoms with Crippen molar-refractivity contribution in [2.45, 2.75) is 26.2 Å². The molecule has 0 aliphatic rings. The minimum Gasteiger partial charge on any atom is -0.440 e. The standard InChI is InChI=1S/C13H15NO2S/c1-9(15)17-8-13(2,3)12-14-10-6-4-5-7-11(10)16-12/h4-7H,8H2,1-3H3. The molecule has 0 spiro atoms. The van der Waals surface area contributed by atoms with E-state index in [0.717, 1.165) is 11.1 Å². The highest BCUT2D eigenvalue weighted by Gasteiger charge is 2.27. The third kappa shape index (κ3) is 2.69. The van der Waals surface area contributed by atoms with Crippen LogP contribution >= 0.6 is 11.8 Å². The second-order valence-corrected chi connectivity index (χ2v) is 5.80. The van der Waals surface area contributed by atoms with Crippen molar-refractivity contribution in [3.8, 4) is 0 Å². The largest absolute Gasteiger partial charge is 0.440 e. The maximum atomic E-state index is 11.0. The average Bonchev–Trinajstić information content (AvgIpc) is 2.71. The maximum absolute atomic E-state index is 11.0. The molecule has 2 aromatic rings. The van der Waals surface area contributed by atoms with E-state index >= 15 is 0 Å². The van der Waals surface area contributed by atoms with Crippen molar-refractivity contribution in [2.24, 2.45) is 0 Å². The van der Waals surface area contributed by atoms with Crippen molar-refractivity contribution < 1.29 is 9.21 Å². The number of fused-ring (bicyclic) bond motifs is 1. The van der Waals surface area contributed by atoms with Crippen LogP contribution in [0.3, 0.4) is 0 Å². The van der Waals surface area contributed by atoms with Gasteiger partial charge in [0.2, 0.25) is 5.89 Å². The maximum Gasteiger partial charge on any atom is 0.201 e. The minimum absolute atomic E-state index is 0.120. The van der Waals surface area contributed by atoms with E-state index in [1.165, 1.54) is 11.8 Å². The Labute approximate surface area is 105 Å². The van der Waals surface area contributed by atoms with Gasteiger partial charge in [-0.05, 0) is 12.1 Å². The molecule has 0 unspecified atom stereocenters. The number of oxazole rings is 1. The quantitative estimate of drug-likeness (QED) is 0.836. The first-order valence-corrected chi connectivity index (χ1v) is 6.47. The second-order valence-electron chi connectivity index (χ2n) is 4.65. The number of carbonyl (C=O) groups excluding carboxylic acids is 1. The summed E-state index contributed by atoms with van der Waals surface area (Å²) in [6.45, 7) is 5.65. The Hall–Kier alpha value is -1.29. The summed E-state index contributed by atoms with van der Waals surface area (Å²) in [5.74, 6) is 1.36. The van der Waals surface area contributed by atoms with E-state index in [1.807, 2.05) is 38.1 Å². The summed E-state index contributed by atoms with van der Waals surface area (Å²) >= 11 is 1.30. The van der Waals surface area contributed by atoms with Crippen LogP contribution in [0.25, 0.3) is 11.1 Å². The zero-order valence-electron chi connectivity index (χ0n) is 10.2. The van der Waals surface area contributed by atoms with E-state index in [-0.39, 0.29) is 10.5 Å². The fraction of sp³-hybridized carbons (Fsp3) is 0.385. The van der Waals surface area contributed by atoms with Crippen molar-refractivity contribution in [1.82, 2.24) is 4.98 Å². The number of carbonyl (C=O) groups is 1. The number of aromatic nitrogens is 1. The number of hydrogen-bond acceptors (Lipinski definition) is 4. The molecule has 1 aromatic heterocycles. The van der Waals surface area contributed by atoms with E-state index in [0.29, 0.717) is 11.6 Å². The van der Waals surface area contributed by atoms with Crippen LogP contribution in [0.5, 0.6) is 0 Å². The van der Waals surface area contributed by atoms with Crippen molar-refractivity contribution in [2.75, 3.05) is 5.75 Å². The van der Waals surface area contributed by atoms with Gasteiger partial charge in [0.1, 0.15) is 5.52 Å². The fourth-order valence-electron chi connectivity index (χ4n) is 1.51. The van der Waals surface area contributed by atoms with E-state index in [4.69, 9.17) is 4.42 Å². The molecule has 0 aliphatic heterocycles. The zero-order chi connectivity index (χ0) is 12.5. The predicted molar refractivity (Wildman–Crippen MR) is 70.2 cm³/mol. The van der Waals surface area contributed by atoms with Crippen LogP contribution in [0, 0.1) is 0 Å². The molecule has 4 heteroatoms. The molecule has 0 radical (unpaired) electrons. The molecule has 0 atom stereocenters. The van der Waals surface area contributed by atoms with Crippen LogP contribution in [0.2, 0.25) is 0 Å². The molecule has 1 aromatic carbocycles. The molecule has 3 nitrogen and oxygen atoms in total. The van der Waals surface area contributed by atoms with Gasteiger partial charge in [0, 0.05) is 12.7 Å². The van der Waals surface area contributed by atoms with E-state index in [9.17, 15) is 4.79 Å². The topological polar surface area (TPSA) is 43.1 Å². The number of hydrogen-bond donors (Lipinski definition) is 0. The second kappa shape index (κ2) is 4.53. The molecule has 0 bridgehead atoms. The first-order valence-electron chi connectivity index (χ1n) is 5.48. The molecule has 0 fully saturated rings. The predicted octanol–water partition coefficient (Wildman–Crippen LogP) is 3.39. The normalized spacial score (nSPS) is 11.9. The monoisotopic (exact) mass is 249 g/mol. The number of benzene rings is 1. The van der Waals surface area contributed by atoms with E-state index in [2.05, 4.69) is 4.98 Å². The Balaban J connectivity index is 2.28. The molecule has 0 aliphatic carbocycles. The Kier molecular flexibility index (Phi) is 3.24. The van der Waals surface area contributed by atoms with E-state index in [1.54, 1.807) is 6.92 Å². The van der Waals surface area contributed by atoms with Gasteiger partial charge in [-0.25, -0.2) is 4.98 Å². The molecule has 90 valence electrons. The van der Waals surface area contributed by atoms with Gasteiger partial charge < -0.3 is 4.42 Å². The Morgan fingerprint density at radius 2 is 2.12 bits per heavy atom. The lowest BCUT2D eigenvalue weighted by Gasteiger charge is -2.18. The molecule has 1 heterocycles. The van der Waals surface area contributed by atoms with Gasteiger partial charge >= 0.3 is 0 Å². The summed E-state index contributed by atoms with van der Waals surface area (Å²) in [5, 5.41) is 0.120. The van der Waals surface area contributed by atoms with Crippen LogP contribution in [0.1, 0.15) is 26.7 Å². The van der Waals surface area contributed by atoms with Gasteiger partial charge in [-0.1, -0.05) is 37.7 Å². The van der Waals surface area contributed by atoms with Crippen LogP contribution in [0.4, 0.5) is 0 Å². The molecule has 0 saturated carbocycles. The third-order valence-electron chi connectivity index (χ3n) is 2.51. The summed E-state index contributed by atoms with van der Waals surface area (Å²) in [7, 11) is 0. The molecule has 2 rings (SSSR count). The van der Waals surface area contributed by atoms with Gasteiger partial charge in [0.15, 0.2) is 10.7 Å². The Bertz CT molecular complexity index is 512. The van der Waals surface area contributed by atoms with Crippen LogP contribution < -0.4 is 0 Å². The molecule has 0 N–H and O–H groups in total. The fourth-order valence-corrected chi connectivity index (χ4v) is 2.19. The van der Waals surface area contributed by atoms with Gasteiger partial charge in [0.05, 0.1) is 5.41 Å². The highest BCUT2D eigenvalue weighted by atomic mass is 32.2. The minimum atomic E-state index is -0.241. The van der Waals surface area contributed by atoms with Crippen molar-refractivity contribution >= 4 is 28.0 Å². The van der Waals surface area contributed by atoms with Gasteiger partial charge in [-0.15, -0.1) is 0 Å². The first kappa shape index (κ1) is 12.2. The Morgan fingerprint density at radius 3 is 2.76 bits per heavy atom. The smallest absolute Gasteiger partial charge is 0.201 e. The van der Waals surface area contributed by atoms with Crippen molar-refractivity contribution in [3.63, 3.8) is 0 Å². The highest BCUT2D eigenvalue weighted by molar-refractivity contribution is 8.13. The lowest BCUT2D eigenvalue weighted by Crippen LogP contribution is -2.21. The van der Waals surface area contributed by atoms with Gasteiger partial charge in [-0.3, -0.25) is 4.79 Å². The first-order chi connectivity index (χ1) is 7.99. The van der Waals surface area contributed by atoms with E-state index < -0.39 is 0 Å². The molecular formula is C13H15NO2S. The van der Waals surface area contributed by atoms with Crippen LogP contribution in [-0.4, -0.2) is 15.9 Å². The summed E-state index contributed by atoms with van der Waals surface area (Å²) in [5.41, 5.74) is 1.42. The van der Waals surface area contributed by atoms with Crippen LogP contribution in [0.15, 0.2) is 28.7 Å². The molecular weight excluding hydrogens is 234 g/mol. The summed E-state index contributed by atoms with van der Waals surface area (Å²) in [6, 6.07) is 7.69. The summed E-state index contributed by atoms with van der Waals surface area (Å²) in [4.78, 5) is 15.5.